The van der Waals surface area contributed by atoms with E-state index in [9.17, 15) is 9.59 Å². The fraction of sp³-hybridized carbons (Fsp3) is 0.318. The van der Waals surface area contributed by atoms with Gasteiger partial charge >= 0.3 is 0 Å². The Morgan fingerprint density at radius 1 is 0.903 bits per heavy atom. The molecule has 0 atom stereocenters. The lowest BCUT2D eigenvalue weighted by Gasteiger charge is -2.12. The third kappa shape index (κ3) is 7.45. The lowest BCUT2D eigenvalue weighted by atomic mass is 10.1. The molecule has 9 heteroatoms. The van der Waals surface area contributed by atoms with Crippen molar-refractivity contribution in [1.82, 2.24) is 16.2 Å². The number of hydrogen-bond acceptors (Lipinski definition) is 6. The first-order valence-corrected chi connectivity index (χ1v) is 10.1. The molecule has 0 aromatic heterocycles. The molecule has 0 spiro atoms. The van der Waals surface area contributed by atoms with Crippen LogP contribution in [0.25, 0.3) is 0 Å². The number of amides is 2. The van der Waals surface area contributed by atoms with E-state index in [2.05, 4.69) is 30.0 Å². The minimum atomic E-state index is -0.458. The van der Waals surface area contributed by atoms with Gasteiger partial charge in [-0.3, -0.25) is 25.8 Å². The molecule has 0 aliphatic heterocycles. The van der Waals surface area contributed by atoms with E-state index in [-0.39, 0.29) is 5.11 Å². The highest BCUT2D eigenvalue weighted by atomic mass is 32.1. The van der Waals surface area contributed by atoms with E-state index in [1.54, 1.807) is 36.4 Å². The van der Waals surface area contributed by atoms with Gasteiger partial charge in [0.15, 0.2) is 16.6 Å². The van der Waals surface area contributed by atoms with Crippen LogP contribution in [0.15, 0.2) is 42.5 Å². The molecule has 2 rings (SSSR count). The van der Waals surface area contributed by atoms with Gasteiger partial charge in [0.25, 0.3) is 11.8 Å². The zero-order chi connectivity index (χ0) is 22.8. The van der Waals surface area contributed by atoms with Crippen LogP contribution >= 0.6 is 12.2 Å². The Balaban J connectivity index is 1.84. The average molecular weight is 446 g/mol. The largest absolute Gasteiger partial charge is 0.494 e. The van der Waals surface area contributed by atoms with Crippen molar-refractivity contribution in [3.8, 4) is 17.2 Å². The van der Waals surface area contributed by atoms with Gasteiger partial charge in [0, 0.05) is 11.1 Å². The molecule has 2 aromatic carbocycles. The molecular formula is C22H27N3O5S. The summed E-state index contributed by atoms with van der Waals surface area (Å²) in [5, 5.41) is 2.46. The van der Waals surface area contributed by atoms with Gasteiger partial charge in [0.05, 0.1) is 20.8 Å². The monoisotopic (exact) mass is 445 g/mol. The normalized spacial score (nSPS) is 10.2. The van der Waals surface area contributed by atoms with E-state index in [0.717, 1.165) is 6.42 Å². The Kier molecular flexibility index (Phi) is 9.08. The van der Waals surface area contributed by atoms with Gasteiger partial charge in [0.1, 0.15) is 5.75 Å². The van der Waals surface area contributed by atoms with Gasteiger partial charge in [-0.25, -0.2) is 0 Å². The Bertz CT molecular complexity index is 916. The Morgan fingerprint density at radius 2 is 1.55 bits per heavy atom. The van der Waals surface area contributed by atoms with Crippen molar-refractivity contribution in [2.75, 3.05) is 20.8 Å². The van der Waals surface area contributed by atoms with Crippen LogP contribution in [0.1, 0.15) is 41.0 Å². The standard InChI is InChI=1S/C22H27N3O5S/c1-14(2)11-12-30-17-8-5-15(6-9-17)20(26)23-22(31)25-24-21(27)16-7-10-18(28-3)19(13-16)29-4/h5-10,13-14H,11-12H2,1-4H3,(H,24,27)(H2,23,25,26,31). The molecule has 2 amide bonds. The Labute approximate surface area is 187 Å². The van der Waals surface area contributed by atoms with E-state index in [1.807, 2.05) is 0 Å². The minimum absolute atomic E-state index is 0.0453. The number of carbonyl (C=O) groups excluding carboxylic acids is 2. The number of nitrogens with one attached hydrogen (secondary N) is 3. The first kappa shape index (κ1) is 23.9. The van der Waals surface area contributed by atoms with Gasteiger partial charge in [-0.2, -0.15) is 0 Å². The number of hydrogen-bond donors (Lipinski definition) is 3. The fourth-order valence-corrected chi connectivity index (χ4v) is 2.63. The summed E-state index contributed by atoms with van der Waals surface area (Å²) in [5.41, 5.74) is 5.66. The quantitative estimate of drug-likeness (QED) is 0.424. The molecule has 0 heterocycles. The maximum atomic E-state index is 12.3. The van der Waals surface area contributed by atoms with Crippen molar-refractivity contribution in [2.45, 2.75) is 20.3 Å². The number of thiocarbonyl (C=S) groups is 1. The van der Waals surface area contributed by atoms with E-state index in [1.165, 1.54) is 20.3 Å². The zero-order valence-corrected chi connectivity index (χ0v) is 18.8. The van der Waals surface area contributed by atoms with Crippen LogP contribution < -0.4 is 30.4 Å². The van der Waals surface area contributed by atoms with Crippen LogP contribution in [0.2, 0.25) is 0 Å². The second kappa shape index (κ2) is 11.8. The highest BCUT2D eigenvalue weighted by Gasteiger charge is 2.12. The minimum Gasteiger partial charge on any atom is -0.494 e. The van der Waals surface area contributed by atoms with Gasteiger partial charge in [-0.05, 0) is 67.0 Å². The maximum absolute atomic E-state index is 12.3. The van der Waals surface area contributed by atoms with E-state index in [4.69, 9.17) is 26.4 Å². The third-order valence-corrected chi connectivity index (χ3v) is 4.45. The number of carbonyl (C=O) groups is 2. The van der Waals surface area contributed by atoms with Crippen molar-refractivity contribution in [3.63, 3.8) is 0 Å². The molecular weight excluding hydrogens is 418 g/mol. The number of benzene rings is 2. The molecule has 0 aliphatic carbocycles. The molecule has 8 nitrogen and oxygen atoms in total. The molecule has 166 valence electrons. The van der Waals surface area contributed by atoms with Crippen molar-refractivity contribution >= 4 is 29.1 Å². The van der Waals surface area contributed by atoms with E-state index in [0.29, 0.717) is 40.9 Å². The zero-order valence-electron chi connectivity index (χ0n) is 18.0. The Morgan fingerprint density at radius 3 is 2.16 bits per heavy atom. The topological polar surface area (TPSA) is 97.9 Å². The summed E-state index contributed by atoms with van der Waals surface area (Å²) >= 11 is 5.07. The molecule has 0 fully saturated rings. The van der Waals surface area contributed by atoms with Gasteiger partial charge in [-0.15, -0.1) is 0 Å². The molecule has 3 N–H and O–H groups in total. The fourth-order valence-electron chi connectivity index (χ4n) is 2.48. The molecule has 0 saturated heterocycles. The number of methoxy groups -OCH3 is 2. The van der Waals surface area contributed by atoms with Crippen molar-refractivity contribution in [2.24, 2.45) is 5.92 Å². The molecule has 0 unspecified atom stereocenters. The van der Waals surface area contributed by atoms with Crippen LogP contribution in [-0.2, 0) is 0 Å². The molecule has 31 heavy (non-hydrogen) atoms. The third-order valence-electron chi connectivity index (χ3n) is 4.24. The van der Waals surface area contributed by atoms with Crippen LogP contribution in [-0.4, -0.2) is 37.8 Å². The molecule has 0 saturated carbocycles. The lowest BCUT2D eigenvalue weighted by Crippen LogP contribution is -2.48. The van der Waals surface area contributed by atoms with Crippen LogP contribution in [0.3, 0.4) is 0 Å². The highest BCUT2D eigenvalue weighted by molar-refractivity contribution is 7.80. The lowest BCUT2D eigenvalue weighted by molar-refractivity contribution is 0.0934. The molecule has 0 radical (unpaired) electrons. The predicted molar refractivity (Wildman–Crippen MR) is 122 cm³/mol. The van der Waals surface area contributed by atoms with Crippen LogP contribution in [0.4, 0.5) is 0 Å². The van der Waals surface area contributed by atoms with Crippen molar-refractivity contribution in [1.29, 1.82) is 0 Å². The SMILES string of the molecule is COc1ccc(C(=O)NNC(=S)NC(=O)c2ccc(OCCC(C)C)cc2)cc1OC. The summed E-state index contributed by atoms with van der Waals surface area (Å²) in [6.07, 6.45) is 0.956. The summed E-state index contributed by atoms with van der Waals surface area (Å²) in [4.78, 5) is 24.6. The number of rotatable bonds is 8. The first-order valence-electron chi connectivity index (χ1n) is 9.70. The highest BCUT2D eigenvalue weighted by Crippen LogP contribution is 2.27. The van der Waals surface area contributed by atoms with Gasteiger partial charge in [-0.1, -0.05) is 13.8 Å². The number of hydrazine groups is 1. The molecule has 2 aromatic rings. The van der Waals surface area contributed by atoms with E-state index >= 15 is 0 Å². The summed E-state index contributed by atoms with van der Waals surface area (Å²) < 4.78 is 16.0. The van der Waals surface area contributed by atoms with Gasteiger partial charge < -0.3 is 14.2 Å². The second-order valence-corrected chi connectivity index (χ2v) is 7.40. The molecule has 0 aliphatic rings. The Hall–Kier alpha value is -3.33. The first-order chi connectivity index (χ1) is 14.8. The van der Waals surface area contributed by atoms with E-state index < -0.39 is 11.8 Å². The maximum Gasteiger partial charge on any atom is 0.269 e. The second-order valence-electron chi connectivity index (χ2n) is 6.99. The average Bonchev–Trinajstić information content (AvgIpc) is 2.77. The summed E-state index contributed by atoms with van der Waals surface area (Å²) in [6.45, 7) is 4.88. The summed E-state index contributed by atoms with van der Waals surface area (Å²) in [6, 6.07) is 11.5. The van der Waals surface area contributed by atoms with Crippen LogP contribution in [0, 0.1) is 5.92 Å². The van der Waals surface area contributed by atoms with Crippen molar-refractivity contribution < 1.29 is 23.8 Å². The summed E-state index contributed by atoms with van der Waals surface area (Å²) in [5.74, 6) is 1.31. The smallest absolute Gasteiger partial charge is 0.269 e. The predicted octanol–water partition coefficient (Wildman–Crippen LogP) is 3.08. The van der Waals surface area contributed by atoms with Crippen molar-refractivity contribution in [3.05, 3.63) is 53.6 Å². The van der Waals surface area contributed by atoms with Crippen LogP contribution in [0.5, 0.6) is 17.2 Å². The molecule has 0 bridgehead atoms. The van der Waals surface area contributed by atoms with Gasteiger partial charge in [0.2, 0.25) is 0 Å². The summed E-state index contributed by atoms with van der Waals surface area (Å²) in [7, 11) is 2.99. The number of ether oxygens (including phenoxy) is 3.